The molecular formula is C11H13N2O4. The van der Waals surface area contributed by atoms with E-state index in [-0.39, 0.29) is 19.0 Å². The van der Waals surface area contributed by atoms with Gasteiger partial charge in [0.05, 0.1) is 19.6 Å². The van der Waals surface area contributed by atoms with Crippen LogP contribution in [-0.2, 0) is 19.1 Å². The molecule has 0 aromatic carbocycles. The second-order valence-electron chi connectivity index (χ2n) is 3.21. The van der Waals surface area contributed by atoms with E-state index in [1.165, 1.54) is 7.11 Å². The fourth-order valence-electron chi connectivity index (χ4n) is 1.09. The van der Waals surface area contributed by atoms with Crippen molar-refractivity contribution in [1.29, 1.82) is 0 Å². The first-order chi connectivity index (χ1) is 8.13. The van der Waals surface area contributed by atoms with E-state index in [2.05, 4.69) is 15.4 Å². The minimum atomic E-state index is -0.541. The highest BCUT2D eigenvalue weighted by molar-refractivity contribution is 5.97. The third kappa shape index (κ3) is 4.84. The molecule has 6 heteroatoms. The molecule has 5 radical (unpaired) electrons. The van der Waals surface area contributed by atoms with Gasteiger partial charge in [-0.25, -0.2) is 0 Å². The number of carbonyl (C=O) groups is 3. The third-order valence-electron chi connectivity index (χ3n) is 1.99. The van der Waals surface area contributed by atoms with Crippen LogP contribution in [0.5, 0.6) is 0 Å². The van der Waals surface area contributed by atoms with Gasteiger partial charge in [-0.1, -0.05) is 0 Å². The number of ether oxygens (including phenoxy) is 1. The number of rotatable bonds is 5. The zero-order chi connectivity index (χ0) is 12.7. The summed E-state index contributed by atoms with van der Waals surface area (Å²) in [5.74, 6) is -0.829. The van der Waals surface area contributed by atoms with E-state index in [1.54, 1.807) is 25.7 Å². The van der Waals surface area contributed by atoms with E-state index in [9.17, 15) is 14.4 Å². The minimum absolute atomic E-state index is 0.180. The molecule has 0 bridgehead atoms. The van der Waals surface area contributed by atoms with Crippen molar-refractivity contribution in [2.45, 2.75) is 0 Å². The van der Waals surface area contributed by atoms with Gasteiger partial charge in [-0.15, -0.1) is 0 Å². The van der Waals surface area contributed by atoms with Gasteiger partial charge in [0.2, 0.25) is 11.8 Å². The number of esters is 1. The summed E-state index contributed by atoms with van der Waals surface area (Å²) < 4.78 is 4.34. The topological polar surface area (TPSA) is 84.5 Å². The lowest BCUT2D eigenvalue weighted by Crippen LogP contribution is -2.40. The Hall–Kier alpha value is -1.59. The van der Waals surface area contributed by atoms with Crippen LogP contribution in [0.4, 0.5) is 0 Å². The summed E-state index contributed by atoms with van der Waals surface area (Å²) in [7, 11) is 1.23. The Morgan fingerprint density at radius 2 is 1.76 bits per heavy atom. The second kappa shape index (κ2) is 6.88. The van der Waals surface area contributed by atoms with Crippen molar-refractivity contribution in [3.05, 3.63) is 31.6 Å². The molecular weight excluding hydrogens is 224 g/mol. The van der Waals surface area contributed by atoms with Crippen molar-refractivity contribution < 1.29 is 19.1 Å². The van der Waals surface area contributed by atoms with Gasteiger partial charge in [-0.2, -0.15) is 0 Å². The molecule has 1 saturated carbocycles. The van der Waals surface area contributed by atoms with Gasteiger partial charge in [0.15, 0.2) is 0 Å². The van der Waals surface area contributed by atoms with Gasteiger partial charge in [0.25, 0.3) is 0 Å². The lowest BCUT2D eigenvalue weighted by molar-refractivity contribution is -0.141. The summed E-state index contributed by atoms with van der Waals surface area (Å²) in [6.07, 6.45) is 6.74. The molecule has 6 nitrogen and oxygen atoms in total. The Balaban J connectivity index is 2.14. The average Bonchev–Trinajstić information content (AvgIpc) is 2.86. The van der Waals surface area contributed by atoms with Crippen molar-refractivity contribution in [2.24, 2.45) is 0 Å². The summed E-state index contributed by atoms with van der Waals surface area (Å²) >= 11 is 0. The fraction of sp³-hybridized carbons (Fsp3) is 0.273. The standard InChI is InChI=1S/C11H13N2O4/c1-17-10(15)7-12-9(14)6-13-11(16)8-4-2-3-5-8/h2-5H,6-7H2,1H3,(H,12,14)(H,13,16). The molecule has 0 saturated heterocycles. The maximum atomic E-state index is 11.4. The summed E-state index contributed by atoms with van der Waals surface area (Å²) in [5.41, 5.74) is 0. The van der Waals surface area contributed by atoms with Gasteiger partial charge in [-0.05, 0) is 25.7 Å². The maximum absolute atomic E-state index is 11.4. The number of hydrogen-bond acceptors (Lipinski definition) is 4. The van der Waals surface area contributed by atoms with Crippen molar-refractivity contribution >= 4 is 17.8 Å². The van der Waals surface area contributed by atoms with Crippen LogP contribution < -0.4 is 10.6 Å². The first-order valence-electron chi connectivity index (χ1n) is 4.97. The summed E-state index contributed by atoms with van der Waals surface area (Å²) in [4.78, 5) is 33.3. The highest BCUT2D eigenvalue weighted by Crippen LogP contribution is 2.22. The molecule has 0 aliphatic heterocycles. The molecule has 0 unspecified atom stereocenters. The fourth-order valence-corrected chi connectivity index (χ4v) is 1.09. The monoisotopic (exact) mass is 237 g/mol. The van der Waals surface area contributed by atoms with Crippen LogP contribution in [0.3, 0.4) is 0 Å². The van der Waals surface area contributed by atoms with Crippen LogP contribution >= 0.6 is 0 Å². The van der Waals surface area contributed by atoms with E-state index in [0.29, 0.717) is 5.92 Å². The van der Waals surface area contributed by atoms with Crippen molar-refractivity contribution in [3.63, 3.8) is 0 Å². The first kappa shape index (κ1) is 13.5. The van der Waals surface area contributed by atoms with Gasteiger partial charge in [-0.3, -0.25) is 14.4 Å². The number of methoxy groups -OCH3 is 1. The van der Waals surface area contributed by atoms with E-state index < -0.39 is 11.9 Å². The molecule has 91 valence electrons. The number of carbonyl (C=O) groups excluding carboxylic acids is 3. The van der Waals surface area contributed by atoms with Crippen molar-refractivity contribution in [3.8, 4) is 0 Å². The third-order valence-corrected chi connectivity index (χ3v) is 1.99. The van der Waals surface area contributed by atoms with Crippen LogP contribution in [0.15, 0.2) is 0 Å². The molecule has 2 amide bonds. The maximum Gasteiger partial charge on any atom is 0.325 e. The molecule has 1 aliphatic carbocycles. The largest absolute Gasteiger partial charge is 0.468 e. The summed E-state index contributed by atoms with van der Waals surface area (Å²) in [6.45, 7) is -0.386. The molecule has 2 N–H and O–H groups in total. The normalized spacial score (nSPS) is 15.4. The Bertz CT molecular complexity index is 298. The molecule has 1 rings (SSSR count). The summed E-state index contributed by atoms with van der Waals surface area (Å²) in [5, 5.41) is 4.73. The van der Waals surface area contributed by atoms with Crippen LogP contribution in [0.2, 0.25) is 0 Å². The first-order valence-corrected chi connectivity index (χ1v) is 4.97. The Kier molecular flexibility index (Phi) is 5.45. The Labute approximate surface area is 100 Å². The predicted octanol–water partition coefficient (Wildman–Crippen LogP) is -1.20. The Morgan fingerprint density at radius 3 is 2.35 bits per heavy atom. The lowest BCUT2D eigenvalue weighted by Gasteiger charge is -2.09. The molecule has 0 spiro atoms. The smallest absolute Gasteiger partial charge is 0.325 e. The molecule has 0 aromatic heterocycles. The molecule has 1 fully saturated rings. The van der Waals surface area contributed by atoms with Gasteiger partial charge in [0.1, 0.15) is 6.54 Å². The molecule has 1 aliphatic rings. The minimum Gasteiger partial charge on any atom is -0.468 e. The predicted molar refractivity (Wildman–Crippen MR) is 58.5 cm³/mol. The van der Waals surface area contributed by atoms with E-state index in [1.807, 2.05) is 0 Å². The van der Waals surface area contributed by atoms with E-state index in [0.717, 1.165) is 0 Å². The number of amides is 2. The van der Waals surface area contributed by atoms with Crippen LogP contribution in [-0.4, -0.2) is 38.0 Å². The molecule has 0 atom stereocenters. The van der Waals surface area contributed by atoms with E-state index in [4.69, 9.17) is 0 Å². The van der Waals surface area contributed by atoms with Crippen LogP contribution in [0, 0.1) is 31.6 Å². The quantitative estimate of drug-likeness (QED) is 0.588. The average molecular weight is 237 g/mol. The van der Waals surface area contributed by atoms with Gasteiger partial charge < -0.3 is 15.4 Å². The number of hydrogen-bond donors (Lipinski definition) is 2. The SMILES string of the molecule is COC(=O)CNC(=O)CNC(=O)[C]1[CH][CH][CH][CH]1. The molecule has 0 heterocycles. The van der Waals surface area contributed by atoms with Gasteiger partial charge >= 0.3 is 5.97 Å². The molecule has 17 heavy (non-hydrogen) atoms. The number of nitrogens with one attached hydrogen (secondary N) is 2. The Morgan fingerprint density at radius 1 is 1.12 bits per heavy atom. The van der Waals surface area contributed by atoms with Gasteiger partial charge in [0, 0.05) is 0 Å². The highest BCUT2D eigenvalue weighted by Gasteiger charge is 2.24. The van der Waals surface area contributed by atoms with E-state index >= 15 is 0 Å². The zero-order valence-electron chi connectivity index (χ0n) is 9.36. The zero-order valence-corrected chi connectivity index (χ0v) is 9.36. The van der Waals surface area contributed by atoms with Crippen LogP contribution in [0.25, 0.3) is 0 Å². The second-order valence-corrected chi connectivity index (χ2v) is 3.21. The highest BCUT2D eigenvalue weighted by atomic mass is 16.5. The lowest BCUT2D eigenvalue weighted by atomic mass is 10.1. The molecule has 0 aromatic rings. The van der Waals surface area contributed by atoms with Crippen molar-refractivity contribution in [2.75, 3.05) is 20.2 Å². The van der Waals surface area contributed by atoms with Crippen LogP contribution in [0.1, 0.15) is 0 Å². The summed E-state index contributed by atoms with van der Waals surface area (Å²) in [6, 6.07) is 0. The van der Waals surface area contributed by atoms with Crippen molar-refractivity contribution in [1.82, 2.24) is 10.6 Å².